The molecule has 0 atom stereocenters. The summed E-state index contributed by atoms with van der Waals surface area (Å²) in [6, 6.07) is 2.75. The van der Waals surface area contributed by atoms with Gasteiger partial charge >= 0.3 is 0 Å². The molecule has 2 aliphatic rings. The van der Waals surface area contributed by atoms with E-state index in [1.54, 1.807) is 4.31 Å². The van der Waals surface area contributed by atoms with Gasteiger partial charge in [-0.15, -0.1) is 0 Å². The Hall–Kier alpha value is -0.910. The smallest absolute Gasteiger partial charge is 0.243 e. The first-order valence-corrected chi connectivity index (χ1v) is 11.6. The van der Waals surface area contributed by atoms with Crippen molar-refractivity contribution in [3.63, 3.8) is 0 Å². The Labute approximate surface area is 159 Å². The number of aryl methyl sites for hydroxylation is 2. The number of nitrogens with zero attached hydrogens (tertiary/aromatic N) is 2. The summed E-state index contributed by atoms with van der Waals surface area (Å²) < 4.78 is 28.5. The lowest BCUT2D eigenvalue weighted by molar-refractivity contribution is 0.126. The van der Waals surface area contributed by atoms with Gasteiger partial charge in [0.1, 0.15) is 0 Å². The molecule has 1 saturated carbocycles. The quantitative estimate of drug-likeness (QED) is 0.748. The maximum absolute atomic E-state index is 13.4. The van der Waals surface area contributed by atoms with E-state index >= 15 is 0 Å². The van der Waals surface area contributed by atoms with Gasteiger partial charge in [0, 0.05) is 32.2 Å². The molecule has 0 amide bonds. The van der Waals surface area contributed by atoms with Crippen LogP contribution in [0.25, 0.3) is 0 Å². The van der Waals surface area contributed by atoms with Crippen LogP contribution < -0.4 is 0 Å². The number of piperazine rings is 1. The molecule has 26 heavy (non-hydrogen) atoms. The number of hydrogen-bond donors (Lipinski definition) is 0. The summed E-state index contributed by atoms with van der Waals surface area (Å²) in [5.74, 6) is 0. The first-order valence-electron chi connectivity index (χ1n) is 10.1. The van der Waals surface area contributed by atoms with E-state index in [9.17, 15) is 8.42 Å². The molecule has 1 aliphatic carbocycles. The fourth-order valence-electron chi connectivity index (χ4n) is 4.63. The summed E-state index contributed by atoms with van der Waals surface area (Å²) in [5, 5.41) is 0. The number of rotatable bonds is 3. The van der Waals surface area contributed by atoms with Crippen molar-refractivity contribution in [1.82, 2.24) is 9.21 Å². The molecule has 5 heteroatoms. The molecule has 0 radical (unpaired) electrons. The van der Waals surface area contributed by atoms with E-state index in [4.69, 9.17) is 0 Å². The van der Waals surface area contributed by atoms with Crippen LogP contribution in [0.1, 0.15) is 60.8 Å². The van der Waals surface area contributed by atoms with Crippen LogP contribution in [-0.4, -0.2) is 49.8 Å². The lowest BCUT2D eigenvalue weighted by Gasteiger charge is -2.39. The van der Waals surface area contributed by atoms with Gasteiger partial charge in [-0.25, -0.2) is 8.42 Å². The van der Waals surface area contributed by atoms with Crippen LogP contribution in [0.5, 0.6) is 0 Å². The van der Waals surface area contributed by atoms with Gasteiger partial charge in [0.15, 0.2) is 0 Å². The highest BCUT2D eigenvalue weighted by molar-refractivity contribution is 7.89. The van der Waals surface area contributed by atoms with Gasteiger partial charge in [-0.2, -0.15) is 4.31 Å². The van der Waals surface area contributed by atoms with Gasteiger partial charge in [0.2, 0.25) is 10.0 Å². The molecule has 0 unspecified atom stereocenters. The zero-order valence-corrected chi connectivity index (χ0v) is 17.7. The lowest BCUT2D eigenvalue weighted by Crippen LogP contribution is -2.52. The van der Waals surface area contributed by atoms with Crippen LogP contribution in [0.3, 0.4) is 0 Å². The Morgan fingerprint density at radius 1 is 0.808 bits per heavy atom. The van der Waals surface area contributed by atoms with Gasteiger partial charge in [-0.3, -0.25) is 4.90 Å². The minimum absolute atomic E-state index is 0.540. The molecule has 4 nitrogen and oxygen atoms in total. The largest absolute Gasteiger partial charge is 0.298 e. The second-order valence-corrected chi connectivity index (χ2v) is 10.0. The normalized spacial score (nSPS) is 21.7. The molecular formula is C21H34N2O2S. The van der Waals surface area contributed by atoms with Crippen molar-refractivity contribution < 1.29 is 8.42 Å². The first kappa shape index (κ1) is 19.8. The van der Waals surface area contributed by atoms with Crippen LogP contribution in [0.15, 0.2) is 11.0 Å². The summed E-state index contributed by atoms with van der Waals surface area (Å²) in [6.45, 7) is 10.9. The van der Waals surface area contributed by atoms with Gasteiger partial charge in [-0.1, -0.05) is 31.7 Å². The predicted molar refractivity (Wildman–Crippen MR) is 107 cm³/mol. The SMILES string of the molecule is Cc1cc(C)c(C)c(S(=O)(=O)N2CCN(C3CCCCCC3)CC2)c1C. The summed E-state index contributed by atoms with van der Waals surface area (Å²) in [4.78, 5) is 3.08. The third kappa shape index (κ3) is 3.85. The standard InChI is InChI=1S/C21H34N2O2S/c1-16-15-17(2)19(4)21(18(16)3)26(24,25)23-13-11-22(12-14-23)20-9-7-5-6-8-10-20/h15,20H,5-14H2,1-4H3. The van der Waals surface area contributed by atoms with E-state index in [1.807, 2.05) is 27.7 Å². The van der Waals surface area contributed by atoms with Crippen molar-refractivity contribution in [2.75, 3.05) is 26.2 Å². The Morgan fingerprint density at radius 2 is 1.31 bits per heavy atom. The summed E-state index contributed by atoms with van der Waals surface area (Å²) >= 11 is 0. The fourth-order valence-corrected chi connectivity index (χ4v) is 6.63. The number of benzene rings is 1. The van der Waals surface area contributed by atoms with Crippen LogP contribution >= 0.6 is 0 Å². The number of hydrogen-bond acceptors (Lipinski definition) is 3. The van der Waals surface area contributed by atoms with Gasteiger partial charge in [-0.05, 0) is 62.8 Å². The summed E-state index contributed by atoms with van der Waals surface area (Å²) in [7, 11) is -3.42. The zero-order valence-electron chi connectivity index (χ0n) is 16.8. The molecule has 1 aliphatic heterocycles. The number of sulfonamides is 1. The second-order valence-electron chi connectivity index (χ2n) is 8.17. The molecule has 0 spiro atoms. The monoisotopic (exact) mass is 378 g/mol. The predicted octanol–water partition coefficient (Wildman–Crippen LogP) is 3.95. The van der Waals surface area contributed by atoms with Crippen LogP contribution in [-0.2, 0) is 10.0 Å². The van der Waals surface area contributed by atoms with E-state index in [2.05, 4.69) is 11.0 Å². The van der Waals surface area contributed by atoms with Crippen molar-refractivity contribution in [3.8, 4) is 0 Å². The first-order chi connectivity index (χ1) is 12.3. The van der Waals surface area contributed by atoms with Crippen LogP contribution in [0.2, 0.25) is 0 Å². The van der Waals surface area contributed by atoms with Crippen molar-refractivity contribution in [3.05, 3.63) is 28.3 Å². The van der Waals surface area contributed by atoms with E-state index < -0.39 is 10.0 Å². The molecule has 0 N–H and O–H groups in total. The molecule has 1 saturated heterocycles. The minimum atomic E-state index is -3.42. The van der Waals surface area contributed by atoms with E-state index in [0.29, 0.717) is 24.0 Å². The molecule has 0 aromatic heterocycles. The Morgan fingerprint density at radius 3 is 1.81 bits per heavy atom. The minimum Gasteiger partial charge on any atom is -0.298 e. The van der Waals surface area contributed by atoms with E-state index in [1.165, 1.54) is 38.5 Å². The molecule has 1 heterocycles. The average Bonchev–Trinajstić information content (AvgIpc) is 2.89. The van der Waals surface area contributed by atoms with Crippen LogP contribution in [0, 0.1) is 27.7 Å². The van der Waals surface area contributed by atoms with Gasteiger partial charge in [0.25, 0.3) is 0 Å². The van der Waals surface area contributed by atoms with E-state index in [-0.39, 0.29) is 0 Å². The molecule has 146 valence electrons. The molecular weight excluding hydrogens is 344 g/mol. The zero-order chi connectivity index (χ0) is 18.9. The Balaban J connectivity index is 1.77. The summed E-state index contributed by atoms with van der Waals surface area (Å²) in [6.07, 6.45) is 7.92. The molecule has 1 aromatic rings. The molecule has 2 fully saturated rings. The topological polar surface area (TPSA) is 40.6 Å². The fraction of sp³-hybridized carbons (Fsp3) is 0.714. The van der Waals surface area contributed by atoms with Crippen molar-refractivity contribution in [1.29, 1.82) is 0 Å². The Bertz CT molecular complexity index is 716. The average molecular weight is 379 g/mol. The lowest BCUT2D eigenvalue weighted by atomic mass is 10.0. The molecule has 0 bridgehead atoms. The Kier molecular flexibility index (Phi) is 6.10. The van der Waals surface area contributed by atoms with Crippen molar-refractivity contribution in [2.24, 2.45) is 0 Å². The highest BCUT2D eigenvalue weighted by Gasteiger charge is 2.33. The highest BCUT2D eigenvalue weighted by Crippen LogP contribution is 2.30. The summed E-state index contributed by atoms with van der Waals surface area (Å²) in [5.41, 5.74) is 3.92. The third-order valence-electron chi connectivity index (χ3n) is 6.51. The van der Waals surface area contributed by atoms with Crippen molar-refractivity contribution in [2.45, 2.75) is 77.2 Å². The van der Waals surface area contributed by atoms with Crippen LogP contribution in [0.4, 0.5) is 0 Å². The maximum Gasteiger partial charge on any atom is 0.243 e. The molecule has 3 rings (SSSR count). The molecule has 1 aromatic carbocycles. The second kappa shape index (κ2) is 7.99. The van der Waals surface area contributed by atoms with Gasteiger partial charge in [0.05, 0.1) is 4.90 Å². The van der Waals surface area contributed by atoms with Crippen molar-refractivity contribution >= 4 is 10.0 Å². The highest BCUT2D eigenvalue weighted by atomic mass is 32.2. The maximum atomic E-state index is 13.4. The third-order valence-corrected chi connectivity index (χ3v) is 8.68. The van der Waals surface area contributed by atoms with Gasteiger partial charge < -0.3 is 0 Å². The van der Waals surface area contributed by atoms with E-state index in [0.717, 1.165) is 35.3 Å².